The second-order valence-corrected chi connectivity index (χ2v) is 10.6. The number of likely N-dealkylation sites (N-methyl/N-ethyl adjacent to an activating group) is 1. The third-order valence-electron chi connectivity index (χ3n) is 7.50. The fraction of sp³-hybridized carbons (Fsp3) is 0.519. The van der Waals surface area contributed by atoms with Gasteiger partial charge in [0.1, 0.15) is 11.6 Å². The molecular weight excluding hydrogens is 451 g/mol. The molecule has 35 heavy (non-hydrogen) atoms. The van der Waals surface area contributed by atoms with Crippen LogP contribution in [0.25, 0.3) is 10.9 Å². The SMILES string of the molecule is CC(C)C[C@H]1[C@H](c2c(F)cc(NC3CN(CCCF)C3)cc2F)c2ccc3[nH]ncc3c2CN1C. The van der Waals surface area contributed by atoms with Crippen LogP contribution in [0.15, 0.2) is 30.5 Å². The zero-order chi connectivity index (χ0) is 24.7. The number of nitrogens with zero attached hydrogens (tertiary/aromatic N) is 3. The molecule has 5 nitrogen and oxygen atoms in total. The van der Waals surface area contributed by atoms with Crippen LogP contribution in [0.1, 0.15) is 49.3 Å². The van der Waals surface area contributed by atoms with E-state index in [4.69, 9.17) is 0 Å². The van der Waals surface area contributed by atoms with Gasteiger partial charge in [0.15, 0.2) is 0 Å². The van der Waals surface area contributed by atoms with Gasteiger partial charge >= 0.3 is 0 Å². The number of aromatic nitrogens is 2. The van der Waals surface area contributed by atoms with Crippen LogP contribution < -0.4 is 5.32 Å². The van der Waals surface area contributed by atoms with Crippen molar-refractivity contribution in [2.45, 2.75) is 51.2 Å². The van der Waals surface area contributed by atoms with E-state index in [-0.39, 0.29) is 24.3 Å². The fourth-order valence-corrected chi connectivity index (χ4v) is 5.86. The van der Waals surface area contributed by atoms with Crippen LogP contribution in [0, 0.1) is 17.6 Å². The van der Waals surface area contributed by atoms with Gasteiger partial charge in [-0.05, 0) is 55.1 Å². The predicted octanol–water partition coefficient (Wildman–Crippen LogP) is 5.29. The molecule has 2 aliphatic rings. The number of hydrogen-bond acceptors (Lipinski definition) is 4. The van der Waals surface area contributed by atoms with E-state index < -0.39 is 17.6 Å². The smallest absolute Gasteiger partial charge is 0.132 e. The molecule has 2 aliphatic heterocycles. The first-order valence-electron chi connectivity index (χ1n) is 12.5. The van der Waals surface area contributed by atoms with Crippen molar-refractivity contribution >= 4 is 16.6 Å². The van der Waals surface area contributed by atoms with E-state index in [0.717, 1.165) is 41.5 Å². The minimum atomic E-state index is -0.520. The maximum Gasteiger partial charge on any atom is 0.132 e. The number of benzene rings is 2. The van der Waals surface area contributed by atoms with Gasteiger partial charge in [-0.15, -0.1) is 0 Å². The molecule has 0 bridgehead atoms. The van der Waals surface area contributed by atoms with E-state index in [1.54, 1.807) is 6.20 Å². The van der Waals surface area contributed by atoms with Crippen molar-refractivity contribution in [3.05, 3.63) is 58.8 Å². The molecule has 2 atom stereocenters. The molecule has 0 amide bonds. The summed E-state index contributed by atoms with van der Waals surface area (Å²) in [4.78, 5) is 4.37. The second-order valence-electron chi connectivity index (χ2n) is 10.6. The minimum absolute atomic E-state index is 0.0228. The summed E-state index contributed by atoms with van der Waals surface area (Å²) in [5, 5.41) is 11.5. The summed E-state index contributed by atoms with van der Waals surface area (Å²) in [5.74, 6) is -1.07. The van der Waals surface area contributed by atoms with Gasteiger partial charge in [-0.25, -0.2) is 8.78 Å². The molecule has 1 saturated heterocycles. The largest absolute Gasteiger partial charge is 0.380 e. The van der Waals surface area contributed by atoms with Gasteiger partial charge < -0.3 is 5.32 Å². The molecule has 1 aromatic heterocycles. The van der Waals surface area contributed by atoms with Crippen LogP contribution in [-0.2, 0) is 6.54 Å². The molecule has 5 rings (SSSR count). The summed E-state index contributed by atoms with van der Waals surface area (Å²) in [6.07, 6.45) is 3.15. The first-order valence-corrected chi connectivity index (χ1v) is 12.5. The minimum Gasteiger partial charge on any atom is -0.380 e. The van der Waals surface area contributed by atoms with E-state index in [1.807, 2.05) is 19.2 Å². The van der Waals surface area contributed by atoms with Crippen LogP contribution >= 0.6 is 0 Å². The van der Waals surface area contributed by atoms with Crippen molar-refractivity contribution in [2.24, 2.45) is 5.92 Å². The normalized spacial score (nSPS) is 21.5. The Kier molecular flexibility index (Phi) is 6.77. The van der Waals surface area contributed by atoms with Crippen molar-refractivity contribution in [1.29, 1.82) is 0 Å². The Hall–Kier alpha value is -2.58. The number of rotatable bonds is 8. The highest BCUT2D eigenvalue weighted by Crippen LogP contribution is 2.44. The third-order valence-corrected chi connectivity index (χ3v) is 7.50. The zero-order valence-corrected chi connectivity index (χ0v) is 20.6. The Morgan fingerprint density at radius 3 is 2.60 bits per heavy atom. The second kappa shape index (κ2) is 9.82. The van der Waals surface area contributed by atoms with Gasteiger partial charge in [-0.1, -0.05) is 19.9 Å². The highest BCUT2D eigenvalue weighted by atomic mass is 19.1. The van der Waals surface area contributed by atoms with Crippen molar-refractivity contribution < 1.29 is 13.2 Å². The topological polar surface area (TPSA) is 47.2 Å². The van der Waals surface area contributed by atoms with Gasteiger partial charge in [-0.3, -0.25) is 19.3 Å². The van der Waals surface area contributed by atoms with Gasteiger partial charge in [-0.2, -0.15) is 5.10 Å². The fourth-order valence-electron chi connectivity index (χ4n) is 5.86. The van der Waals surface area contributed by atoms with E-state index in [0.29, 0.717) is 31.1 Å². The first-order chi connectivity index (χ1) is 16.9. The molecule has 0 unspecified atom stereocenters. The Balaban J connectivity index is 1.48. The Bertz CT molecular complexity index is 1160. The quantitative estimate of drug-likeness (QED) is 0.455. The molecule has 8 heteroatoms. The Labute approximate surface area is 204 Å². The number of H-pyrrole nitrogens is 1. The number of nitrogens with one attached hydrogen (secondary N) is 2. The molecule has 0 radical (unpaired) electrons. The zero-order valence-electron chi connectivity index (χ0n) is 20.6. The number of aromatic amines is 1. The summed E-state index contributed by atoms with van der Waals surface area (Å²) in [7, 11) is 2.04. The lowest BCUT2D eigenvalue weighted by Crippen LogP contribution is -2.54. The van der Waals surface area contributed by atoms with Crippen LogP contribution in [0.2, 0.25) is 0 Å². The van der Waals surface area contributed by atoms with Crippen LogP contribution in [0.4, 0.5) is 18.9 Å². The molecule has 188 valence electrons. The maximum absolute atomic E-state index is 15.7. The summed E-state index contributed by atoms with van der Waals surface area (Å²) in [5.41, 5.74) is 3.57. The number of fused-ring (bicyclic) bond motifs is 3. The number of anilines is 1. The van der Waals surface area contributed by atoms with E-state index >= 15 is 8.78 Å². The first kappa shape index (κ1) is 24.1. The van der Waals surface area contributed by atoms with Crippen molar-refractivity contribution in [3.8, 4) is 0 Å². The summed E-state index contributed by atoms with van der Waals surface area (Å²) in [6, 6.07) is 6.92. The van der Waals surface area contributed by atoms with Crippen molar-refractivity contribution in [2.75, 3.05) is 38.7 Å². The Morgan fingerprint density at radius 2 is 1.91 bits per heavy atom. The van der Waals surface area contributed by atoms with Gasteiger partial charge in [0.2, 0.25) is 0 Å². The molecule has 0 spiro atoms. The number of hydrogen-bond donors (Lipinski definition) is 2. The van der Waals surface area contributed by atoms with Crippen LogP contribution in [-0.4, -0.2) is 65.4 Å². The molecule has 2 aromatic carbocycles. The van der Waals surface area contributed by atoms with Crippen LogP contribution in [0.5, 0.6) is 0 Å². The molecule has 3 aromatic rings. The highest BCUT2D eigenvalue weighted by Gasteiger charge is 2.39. The summed E-state index contributed by atoms with van der Waals surface area (Å²) >= 11 is 0. The van der Waals surface area contributed by atoms with Gasteiger partial charge in [0.05, 0.1) is 24.4 Å². The van der Waals surface area contributed by atoms with E-state index in [9.17, 15) is 4.39 Å². The standard InChI is InChI=1S/C27H34F3N5/c1-16(2)9-25-26(19-5-6-24-20(12-31-33-24)21(19)15-34(25)3)27-22(29)10-17(11-23(27)30)32-18-13-35(14-18)8-4-7-28/h5-6,10-12,16,18,25-26,32H,4,7-9,13-15H2,1-3H3,(H,31,33)/t25-,26+/m0/s1. The number of halogens is 3. The monoisotopic (exact) mass is 485 g/mol. The molecule has 0 aliphatic carbocycles. The van der Waals surface area contributed by atoms with Crippen molar-refractivity contribution in [1.82, 2.24) is 20.0 Å². The lowest BCUT2D eigenvalue weighted by Gasteiger charge is -2.42. The average Bonchev–Trinajstić information content (AvgIpc) is 3.26. The number of alkyl halides is 1. The highest BCUT2D eigenvalue weighted by molar-refractivity contribution is 5.83. The van der Waals surface area contributed by atoms with Gasteiger partial charge in [0, 0.05) is 54.8 Å². The lowest BCUT2D eigenvalue weighted by molar-refractivity contribution is 0.155. The van der Waals surface area contributed by atoms with Crippen molar-refractivity contribution in [3.63, 3.8) is 0 Å². The molecule has 0 saturated carbocycles. The number of likely N-dealkylation sites (tertiary alicyclic amines) is 1. The molecule has 1 fully saturated rings. The third kappa shape index (κ3) is 4.66. The van der Waals surface area contributed by atoms with Gasteiger partial charge in [0.25, 0.3) is 0 Å². The molecule has 3 heterocycles. The van der Waals surface area contributed by atoms with Crippen LogP contribution in [0.3, 0.4) is 0 Å². The average molecular weight is 486 g/mol. The molecule has 2 N–H and O–H groups in total. The lowest BCUT2D eigenvalue weighted by atomic mass is 9.75. The maximum atomic E-state index is 15.7. The summed E-state index contributed by atoms with van der Waals surface area (Å²) in [6.45, 7) is 6.90. The summed E-state index contributed by atoms with van der Waals surface area (Å²) < 4.78 is 43.8. The Morgan fingerprint density at radius 1 is 1.17 bits per heavy atom. The predicted molar refractivity (Wildman–Crippen MR) is 133 cm³/mol. The van der Waals surface area contributed by atoms with E-state index in [2.05, 4.69) is 39.2 Å². The molecular formula is C27H34F3N5. The van der Waals surface area contributed by atoms with E-state index in [1.165, 1.54) is 12.1 Å².